The fraction of sp³-hybridized carbons (Fsp3) is 0.391. The Morgan fingerprint density at radius 1 is 1.23 bits per heavy atom. The molecule has 3 N–H and O–H groups in total. The lowest BCUT2D eigenvalue weighted by Crippen LogP contribution is -2.48. The molecule has 6 nitrogen and oxygen atoms in total. The molecule has 0 radical (unpaired) electrons. The van der Waals surface area contributed by atoms with E-state index in [1.165, 1.54) is 18.2 Å². The molecule has 1 saturated carbocycles. The number of hydrogen-bond acceptors (Lipinski definition) is 4. The number of amides is 2. The Kier molecular flexibility index (Phi) is 7.43. The monoisotopic (exact) mass is 551 g/mol. The summed E-state index contributed by atoms with van der Waals surface area (Å²) in [5.41, 5.74) is -0.312. The highest BCUT2D eigenvalue weighted by atomic mass is 35.5. The molecule has 1 aliphatic carbocycles. The maximum atomic E-state index is 14.2. The van der Waals surface area contributed by atoms with Gasteiger partial charge in [0.05, 0.1) is 11.3 Å². The van der Waals surface area contributed by atoms with Crippen molar-refractivity contribution in [1.29, 1.82) is 0 Å². The summed E-state index contributed by atoms with van der Waals surface area (Å²) in [6, 6.07) is 5.75. The molecule has 1 aliphatic heterocycles. The van der Waals surface area contributed by atoms with Crippen LogP contribution in [-0.4, -0.2) is 48.5 Å². The number of halogens is 6. The van der Waals surface area contributed by atoms with Gasteiger partial charge in [-0.2, -0.15) is 13.2 Å². The van der Waals surface area contributed by atoms with Gasteiger partial charge in [-0.05, 0) is 57.1 Å². The van der Waals surface area contributed by atoms with Gasteiger partial charge in [0.1, 0.15) is 0 Å². The summed E-state index contributed by atoms with van der Waals surface area (Å²) < 4.78 is 42.6. The minimum absolute atomic E-state index is 0. The first-order chi connectivity index (χ1) is 15.7. The van der Waals surface area contributed by atoms with E-state index < -0.39 is 40.3 Å². The SMILES string of the molecule is CN(C)C1CC(CN2C(=O)C(O)(c3ccc(Cl)cc3Cl)c3c2cc(C(N)=O)cc3C(F)(F)F)C1.Cl. The third kappa shape index (κ3) is 4.60. The zero-order valence-electron chi connectivity index (χ0n) is 18.7. The first-order valence-corrected chi connectivity index (χ1v) is 11.2. The lowest BCUT2D eigenvalue weighted by atomic mass is 9.79. The molecule has 2 amide bonds. The van der Waals surface area contributed by atoms with Crippen LogP contribution in [0.4, 0.5) is 18.9 Å². The maximum absolute atomic E-state index is 14.2. The zero-order chi connectivity index (χ0) is 25.2. The summed E-state index contributed by atoms with van der Waals surface area (Å²) >= 11 is 12.2. The van der Waals surface area contributed by atoms with Crippen molar-refractivity contribution in [3.05, 3.63) is 62.6 Å². The Bertz CT molecular complexity index is 1190. The number of nitrogens with two attached hydrogens (primary N) is 1. The van der Waals surface area contributed by atoms with E-state index >= 15 is 0 Å². The average Bonchev–Trinajstić information content (AvgIpc) is 2.90. The number of primary amides is 1. The molecule has 190 valence electrons. The molecule has 0 aromatic heterocycles. The molecular weight excluding hydrogens is 530 g/mol. The second-order valence-corrected chi connectivity index (χ2v) is 9.83. The minimum Gasteiger partial charge on any atom is -0.372 e. The molecule has 1 heterocycles. The van der Waals surface area contributed by atoms with Crippen molar-refractivity contribution >= 4 is 53.1 Å². The predicted octanol–water partition coefficient (Wildman–Crippen LogP) is 4.46. The van der Waals surface area contributed by atoms with Crippen LogP contribution in [0.1, 0.15) is 39.9 Å². The van der Waals surface area contributed by atoms with Gasteiger partial charge in [-0.1, -0.05) is 29.3 Å². The quantitative estimate of drug-likeness (QED) is 0.574. The lowest BCUT2D eigenvalue weighted by molar-refractivity contribution is -0.142. The average molecular weight is 553 g/mol. The number of fused-ring (bicyclic) bond motifs is 1. The number of benzene rings is 2. The molecule has 0 spiro atoms. The van der Waals surface area contributed by atoms with Crippen LogP contribution >= 0.6 is 35.6 Å². The minimum atomic E-state index is -4.99. The normalized spacial score (nSPS) is 23.7. The van der Waals surface area contributed by atoms with Crippen molar-refractivity contribution in [3.63, 3.8) is 0 Å². The molecule has 35 heavy (non-hydrogen) atoms. The molecular formula is C23H23Cl3F3N3O3. The molecule has 0 saturated heterocycles. The topological polar surface area (TPSA) is 86.9 Å². The van der Waals surface area contributed by atoms with Crippen molar-refractivity contribution in [2.45, 2.75) is 30.7 Å². The Morgan fingerprint density at radius 2 is 1.86 bits per heavy atom. The molecule has 1 fully saturated rings. The maximum Gasteiger partial charge on any atom is 0.416 e. The van der Waals surface area contributed by atoms with E-state index in [0.29, 0.717) is 6.07 Å². The van der Waals surface area contributed by atoms with Crippen molar-refractivity contribution < 1.29 is 27.9 Å². The third-order valence-electron chi connectivity index (χ3n) is 6.62. The molecule has 1 atom stereocenters. The molecule has 12 heteroatoms. The van der Waals surface area contributed by atoms with Crippen LogP contribution in [0.25, 0.3) is 0 Å². The number of carbonyl (C=O) groups excluding carboxylic acids is 2. The van der Waals surface area contributed by atoms with Crippen LogP contribution in [0, 0.1) is 5.92 Å². The first kappa shape index (κ1) is 27.5. The fourth-order valence-corrected chi connectivity index (χ4v) is 5.29. The van der Waals surface area contributed by atoms with Gasteiger partial charge in [0, 0.05) is 39.3 Å². The van der Waals surface area contributed by atoms with Crippen LogP contribution in [-0.2, 0) is 16.6 Å². The zero-order valence-corrected chi connectivity index (χ0v) is 21.0. The number of aliphatic hydroxyl groups is 1. The van der Waals surface area contributed by atoms with E-state index in [9.17, 15) is 27.9 Å². The van der Waals surface area contributed by atoms with E-state index in [1.807, 2.05) is 19.0 Å². The lowest BCUT2D eigenvalue weighted by Gasteiger charge is -2.41. The van der Waals surface area contributed by atoms with E-state index in [2.05, 4.69) is 0 Å². The Morgan fingerprint density at radius 3 is 2.37 bits per heavy atom. The summed E-state index contributed by atoms with van der Waals surface area (Å²) in [6.45, 7) is 0.0726. The fourth-order valence-electron chi connectivity index (χ4n) is 4.74. The van der Waals surface area contributed by atoms with Crippen LogP contribution in [0.3, 0.4) is 0 Å². The second kappa shape index (κ2) is 9.44. The second-order valence-electron chi connectivity index (χ2n) is 8.99. The summed E-state index contributed by atoms with van der Waals surface area (Å²) in [6.07, 6.45) is -3.53. The van der Waals surface area contributed by atoms with Gasteiger partial charge in [0.2, 0.25) is 5.91 Å². The van der Waals surface area contributed by atoms with Gasteiger partial charge in [0.25, 0.3) is 5.91 Å². The summed E-state index contributed by atoms with van der Waals surface area (Å²) in [5.74, 6) is -2.07. The number of carbonyl (C=O) groups is 2. The smallest absolute Gasteiger partial charge is 0.372 e. The van der Waals surface area contributed by atoms with Crippen molar-refractivity contribution in [1.82, 2.24) is 4.90 Å². The first-order valence-electron chi connectivity index (χ1n) is 10.5. The van der Waals surface area contributed by atoms with E-state index in [0.717, 1.165) is 23.8 Å². The highest BCUT2D eigenvalue weighted by Gasteiger charge is 2.57. The third-order valence-corrected chi connectivity index (χ3v) is 7.17. The number of rotatable bonds is 5. The van der Waals surface area contributed by atoms with Gasteiger partial charge in [-0.15, -0.1) is 12.4 Å². The van der Waals surface area contributed by atoms with Gasteiger partial charge < -0.3 is 20.6 Å². The summed E-state index contributed by atoms with van der Waals surface area (Å²) in [5, 5.41) is 11.7. The highest BCUT2D eigenvalue weighted by Crippen LogP contribution is 2.52. The van der Waals surface area contributed by atoms with Gasteiger partial charge in [0.15, 0.2) is 5.60 Å². The number of anilines is 1. The van der Waals surface area contributed by atoms with Crippen molar-refractivity contribution in [2.24, 2.45) is 11.7 Å². The van der Waals surface area contributed by atoms with E-state index in [-0.39, 0.29) is 52.2 Å². The highest BCUT2D eigenvalue weighted by molar-refractivity contribution is 6.35. The predicted molar refractivity (Wildman–Crippen MR) is 129 cm³/mol. The molecule has 1 unspecified atom stereocenters. The molecule has 4 rings (SSSR count). The molecule has 0 bridgehead atoms. The van der Waals surface area contributed by atoms with Crippen LogP contribution in [0.5, 0.6) is 0 Å². The van der Waals surface area contributed by atoms with Gasteiger partial charge in [-0.25, -0.2) is 0 Å². The van der Waals surface area contributed by atoms with Crippen LogP contribution in [0.15, 0.2) is 30.3 Å². The standard InChI is InChI=1S/C23H22Cl2F3N3O3.ClH/c1-30(2)14-5-11(6-14)10-31-18-8-12(20(29)32)7-16(23(26,27)28)19(18)22(34,21(31)33)15-4-3-13(24)9-17(15)25;/h3-4,7-9,11,14,34H,5-6,10H2,1-2H3,(H2,29,32);1H. The molecule has 2 aromatic carbocycles. The molecule has 2 aliphatic rings. The van der Waals surface area contributed by atoms with E-state index in [1.54, 1.807) is 0 Å². The van der Waals surface area contributed by atoms with E-state index in [4.69, 9.17) is 28.9 Å². The van der Waals surface area contributed by atoms with Crippen LogP contribution < -0.4 is 10.6 Å². The molecule has 2 aromatic rings. The summed E-state index contributed by atoms with van der Waals surface area (Å²) in [4.78, 5) is 28.7. The van der Waals surface area contributed by atoms with Gasteiger partial charge in [-0.3, -0.25) is 9.59 Å². The van der Waals surface area contributed by atoms with Crippen molar-refractivity contribution in [3.8, 4) is 0 Å². The Labute approximate surface area is 216 Å². The number of hydrogen-bond donors (Lipinski definition) is 2. The Balaban J connectivity index is 0.00000342. The largest absolute Gasteiger partial charge is 0.416 e. The van der Waals surface area contributed by atoms with Crippen LogP contribution in [0.2, 0.25) is 10.0 Å². The van der Waals surface area contributed by atoms with Gasteiger partial charge >= 0.3 is 6.18 Å². The van der Waals surface area contributed by atoms with Crippen molar-refractivity contribution in [2.75, 3.05) is 25.5 Å². The Hall–Kier alpha value is -2.04. The summed E-state index contributed by atoms with van der Waals surface area (Å²) in [7, 11) is 3.85. The number of alkyl halides is 3. The number of nitrogens with zero attached hydrogens (tertiary/aromatic N) is 2.